The lowest BCUT2D eigenvalue weighted by molar-refractivity contribution is -0.136. The van der Waals surface area contributed by atoms with Gasteiger partial charge in [0.2, 0.25) is 0 Å². The number of anilines is 1. The largest absolute Gasteiger partial charge is 0.369 e. The number of rotatable bonds is 8. The lowest BCUT2D eigenvalue weighted by Crippen LogP contribution is -2.41. The van der Waals surface area contributed by atoms with Crippen LogP contribution in [-0.2, 0) is 9.53 Å². The second kappa shape index (κ2) is 8.15. The predicted octanol–water partition coefficient (Wildman–Crippen LogP) is 3.50. The molecule has 0 heterocycles. The second-order valence-electron chi connectivity index (χ2n) is 5.54. The minimum Gasteiger partial charge on any atom is -0.369 e. The normalized spacial score (nSPS) is 15.3. The lowest BCUT2D eigenvalue weighted by Gasteiger charge is -2.25. The smallest absolute Gasteiger partial charge is 0.256 e. The van der Waals surface area contributed by atoms with E-state index in [0.717, 1.165) is 24.2 Å². The maximum Gasteiger partial charge on any atom is 0.256 e. The maximum atomic E-state index is 12.3. The van der Waals surface area contributed by atoms with Crippen LogP contribution in [-0.4, -0.2) is 25.2 Å². The number of carbonyl (C=O) groups excluding carboxylic acids is 1. The summed E-state index contributed by atoms with van der Waals surface area (Å²) in [5.74, 6) is -0.112. The Hall–Kier alpha value is -1.39. The highest BCUT2D eigenvalue weighted by Crippen LogP contribution is 2.21. The Labute approximate surface area is 128 Å². The average molecular weight is 292 g/mol. The molecule has 2 unspecified atom stereocenters. The summed E-state index contributed by atoms with van der Waals surface area (Å²) in [4.78, 5) is 12.3. The Morgan fingerprint density at radius 1 is 1.38 bits per heavy atom. The third kappa shape index (κ3) is 4.83. The maximum absolute atomic E-state index is 12.3. The van der Waals surface area contributed by atoms with Crippen LogP contribution in [0.2, 0.25) is 0 Å². The number of nitrogens with one attached hydrogen (secondary N) is 2. The highest BCUT2D eigenvalue weighted by atomic mass is 16.5. The van der Waals surface area contributed by atoms with Crippen LogP contribution in [0.1, 0.15) is 52.1 Å². The molecule has 0 aromatic heterocycles. The van der Waals surface area contributed by atoms with Crippen LogP contribution in [0.5, 0.6) is 0 Å². The van der Waals surface area contributed by atoms with Gasteiger partial charge in [-0.25, -0.2) is 0 Å². The summed E-state index contributed by atoms with van der Waals surface area (Å²) >= 11 is 0. The van der Waals surface area contributed by atoms with E-state index in [4.69, 9.17) is 4.74 Å². The van der Waals surface area contributed by atoms with E-state index in [9.17, 15) is 4.79 Å². The average Bonchev–Trinajstić information content (AvgIpc) is 2.51. The van der Waals surface area contributed by atoms with Crippen molar-refractivity contribution in [1.82, 2.24) is 5.32 Å². The van der Waals surface area contributed by atoms with Gasteiger partial charge in [-0.3, -0.25) is 4.79 Å². The summed E-state index contributed by atoms with van der Waals surface area (Å²) in [6, 6.07) is 8.21. The first kappa shape index (κ1) is 17.7. The molecule has 0 saturated carbocycles. The molecule has 0 saturated heterocycles. The molecule has 0 bridgehead atoms. The van der Waals surface area contributed by atoms with E-state index in [1.165, 1.54) is 0 Å². The molecule has 118 valence electrons. The Kier molecular flexibility index (Phi) is 6.85. The van der Waals surface area contributed by atoms with Crippen LogP contribution in [0.25, 0.3) is 0 Å². The molecule has 1 aromatic carbocycles. The fourth-order valence-electron chi connectivity index (χ4n) is 2.03. The summed E-state index contributed by atoms with van der Waals surface area (Å²) < 4.78 is 5.33. The van der Waals surface area contributed by atoms with Crippen LogP contribution in [0.15, 0.2) is 24.3 Å². The first-order valence-corrected chi connectivity index (χ1v) is 7.66. The van der Waals surface area contributed by atoms with Crippen molar-refractivity contribution in [2.75, 3.05) is 19.0 Å². The second-order valence-corrected chi connectivity index (χ2v) is 5.54. The molecule has 0 aliphatic carbocycles. The molecule has 0 aliphatic rings. The number of benzene rings is 1. The van der Waals surface area contributed by atoms with Gasteiger partial charge in [0.25, 0.3) is 5.91 Å². The molecule has 1 aromatic rings. The molecule has 4 heteroatoms. The predicted molar refractivity (Wildman–Crippen MR) is 87.5 cm³/mol. The van der Waals surface area contributed by atoms with Gasteiger partial charge in [-0.05, 0) is 50.9 Å². The molecule has 2 N–H and O–H groups in total. The van der Waals surface area contributed by atoms with Gasteiger partial charge in [0.1, 0.15) is 5.60 Å². The van der Waals surface area contributed by atoms with Crippen molar-refractivity contribution in [2.24, 2.45) is 0 Å². The highest BCUT2D eigenvalue weighted by molar-refractivity contribution is 5.97. The summed E-state index contributed by atoms with van der Waals surface area (Å²) in [5.41, 5.74) is 1.18. The minimum atomic E-state index is -0.790. The van der Waals surface area contributed by atoms with E-state index in [1.54, 1.807) is 14.0 Å². The molecule has 0 fully saturated rings. The van der Waals surface area contributed by atoms with Crippen molar-refractivity contribution < 1.29 is 9.53 Å². The first-order chi connectivity index (χ1) is 9.96. The molecule has 4 nitrogen and oxygen atoms in total. The molecule has 1 amide bonds. The Morgan fingerprint density at radius 3 is 2.67 bits per heavy atom. The monoisotopic (exact) mass is 292 g/mol. The van der Waals surface area contributed by atoms with Crippen molar-refractivity contribution in [3.8, 4) is 0 Å². The number of amides is 1. The first-order valence-electron chi connectivity index (χ1n) is 7.66. The third-order valence-electron chi connectivity index (χ3n) is 3.95. The van der Waals surface area contributed by atoms with Gasteiger partial charge in [0.05, 0.1) is 0 Å². The molecule has 0 spiro atoms. The SMILES string of the molecule is CCCNC(C)c1cccc(NC(=O)C(C)(CC)OC)c1. The van der Waals surface area contributed by atoms with Crippen molar-refractivity contribution in [1.29, 1.82) is 0 Å². The zero-order chi connectivity index (χ0) is 15.9. The number of carbonyl (C=O) groups is 1. The van der Waals surface area contributed by atoms with Crippen molar-refractivity contribution in [3.05, 3.63) is 29.8 Å². The van der Waals surface area contributed by atoms with Gasteiger partial charge in [-0.1, -0.05) is 26.0 Å². The van der Waals surface area contributed by atoms with Gasteiger partial charge in [0.15, 0.2) is 0 Å². The Morgan fingerprint density at radius 2 is 2.10 bits per heavy atom. The fraction of sp³-hybridized carbons (Fsp3) is 0.588. The van der Waals surface area contributed by atoms with E-state index in [-0.39, 0.29) is 11.9 Å². The highest BCUT2D eigenvalue weighted by Gasteiger charge is 2.30. The molecule has 21 heavy (non-hydrogen) atoms. The topological polar surface area (TPSA) is 50.4 Å². The third-order valence-corrected chi connectivity index (χ3v) is 3.95. The fourth-order valence-corrected chi connectivity index (χ4v) is 2.03. The lowest BCUT2D eigenvalue weighted by atomic mass is 10.0. The quantitative estimate of drug-likeness (QED) is 0.771. The standard InChI is InChI=1S/C17H28N2O2/c1-6-11-18-13(3)14-9-8-10-15(12-14)19-16(20)17(4,7-2)21-5/h8-10,12-13,18H,6-7,11H2,1-5H3,(H,19,20). The van der Waals surface area contributed by atoms with Crippen molar-refractivity contribution in [3.63, 3.8) is 0 Å². The van der Waals surface area contributed by atoms with Gasteiger partial charge < -0.3 is 15.4 Å². The molecular formula is C17H28N2O2. The molecule has 0 radical (unpaired) electrons. The van der Waals surface area contributed by atoms with Crippen LogP contribution in [0, 0.1) is 0 Å². The number of ether oxygens (including phenoxy) is 1. The number of methoxy groups -OCH3 is 1. The van der Waals surface area contributed by atoms with Gasteiger partial charge >= 0.3 is 0 Å². The van der Waals surface area contributed by atoms with Crippen molar-refractivity contribution >= 4 is 11.6 Å². The molecule has 0 aliphatic heterocycles. The van der Waals surface area contributed by atoms with Crippen LogP contribution in [0.3, 0.4) is 0 Å². The summed E-state index contributed by atoms with van der Waals surface area (Å²) in [6.07, 6.45) is 1.73. The van der Waals surface area contributed by atoms with Gasteiger partial charge in [-0.15, -0.1) is 0 Å². The minimum absolute atomic E-state index is 0.112. The van der Waals surface area contributed by atoms with Gasteiger partial charge in [-0.2, -0.15) is 0 Å². The van der Waals surface area contributed by atoms with E-state index in [2.05, 4.69) is 30.5 Å². The molecular weight excluding hydrogens is 264 g/mol. The van der Waals surface area contributed by atoms with Crippen LogP contribution >= 0.6 is 0 Å². The van der Waals surface area contributed by atoms with E-state index in [1.807, 2.05) is 25.1 Å². The summed E-state index contributed by atoms with van der Waals surface area (Å²) in [7, 11) is 1.57. The zero-order valence-electron chi connectivity index (χ0n) is 13.8. The summed E-state index contributed by atoms with van der Waals surface area (Å²) in [5, 5.41) is 6.39. The Balaban J connectivity index is 2.79. The molecule has 2 atom stereocenters. The van der Waals surface area contributed by atoms with E-state index < -0.39 is 5.60 Å². The van der Waals surface area contributed by atoms with Crippen LogP contribution in [0.4, 0.5) is 5.69 Å². The molecule has 1 rings (SSSR count). The zero-order valence-corrected chi connectivity index (χ0v) is 13.8. The van der Waals surface area contributed by atoms with Crippen LogP contribution < -0.4 is 10.6 Å². The van der Waals surface area contributed by atoms with E-state index >= 15 is 0 Å². The van der Waals surface area contributed by atoms with E-state index in [0.29, 0.717) is 6.42 Å². The number of hydrogen-bond acceptors (Lipinski definition) is 3. The number of hydrogen-bond donors (Lipinski definition) is 2. The Bertz CT molecular complexity index is 456. The van der Waals surface area contributed by atoms with Crippen molar-refractivity contribution in [2.45, 2.75) is 52.2 Å². The van der Waals surface area contributed by atoms with Gasteiger partial charge in [0, 0.05) is 18.8 Å². The summed E-state index contributed by atoms with van der Waals surface area (Å²) in [6.45, 7) is 9.00.